The summed E-state index contributed by atoms with van der Waals surface area (Å²) in [5.41, 5.74) is 0.291. The molecule has 6 heteroatoms. The first-order valence-corrected chi connectivity index (χ1v) is 5.49. The minimum absolute atomic E-state index is 0.184. The first-order chi connectivity index (χ1) is 7.41. The van der Waals surface area contributed by atoms with Crippen molar-refractivity contribution in [1.82, 2.24) is 5.32 Å². The lowest BCUT2D eigenvalue weighted by molar-refractivity contribution is -0.140. The summed E-state index contributed by atoms with van der Waals surface area (Å²) in [6, 6.07) is 0.579. The smallest absolute Gasteiger partial charge is 0.326 e. The van der Waals surface area contributed by atoms with Crippen LogP contribution in [0.4, 0.5) is 0 Å². The van der Waals surface area contributed by atoms with Gasteiger partial charge < -0.3 is 14.8 Å². The lowest BCUT2D eigenvalue weighted by Gasteiger charge is -2.17. The zero-order valence-electron chi connectivity index (χ0n) is 8.86. The topological polar surface area (TPSA) is 79.5 Å². The monoisotopic (exact) mass is 289 g/mol. The molecule has 88 valence electrons. The molecule has 2 N–H and O–H groups in total. The van der Waals surface area contributed by atoms with Gasteiger partial charge in [0.25, 0.3) is 5.91 Å². The van der Waals surface area contributed by atoms with Gasteiger partial charge in [-0.15, -0.1) is 0 Å². The maximum absolute atomic E-state index is 11.6. The highest BCUT2D eigenvalue weighted by Gasteiger charge is 2.24. The van der Waals surface area contributed by atoms with E-state index in [1.165, 1.54) is 12.3 Å². The van der Waals surface area contributed by atoms with E-state index in [1.54, 1.807) is 13.8 Å². The van der Waals surface area contributed by atoms with Crippen LogP contribution in [-0.2, 0) is 4.79 Å². The molecule has 5 nitrogen and oxygen atoms in total. The van der Waals surface area contributed by atoms with E-state index >= 15 is 0 Å². The van der Waals surface area contributed by atoms with E-state index in [1.807, 2.05) is 0 Å². The zero-order valence-corrected chi connectivity index (χ0v) is 10.4. The van der Waals surface area contributed by atoms with Crippen molar-refractivity contribution >= 4 is 27.8 Å². The summed E-state index contributed by atoms with van der Waals surface area (Å²) in [7, 11) is 0. The number of rotatable bonds is 4. The van der Waals surface area contributed by atoms with Gasteiger partial charge in [0.2, 0.25) is 0 Å². The molecule has 0 aliphatic heterocycles. The lowest BCUT2D eigenvalue weighted by Crippen LogP contribution is -2.44. The van der Waals surface area contributed by atoms with E-state index in [9.17, 15) is 9.59 Å². The quantitative estimate of drug-likeness (QED) is 0.887. The maximum Gasteiger partial charge on any atom is 0.326 e. The van der Waals surface area contributed by atoms with Crippen molar-refractivity contribution in [2.45, 2.75) is 19.9 Å². The number of carbonyl (C=O) groups is 2. The van der Waals surface area contributed by atoms with Crippen molar-refractivity contribution in [2.75, 3.05) is 0 Å². The molecule has 1 aromatic rings. The van der Waals surface area contributed by atoms with Gasteiger partial charge in [0.1, 0.15) is 12.3 Å². The van der Waals surface area contributed by atoms with Crippen LogP contribution in [0.5, 0.6) is 0 Å². The fourth-order valence-corrected chi connectivity index (χ4v) is 1.51. The number of furan rings is 1. The Balaban J connectivity index is 2.73. The van der Waals surface area contributed by atoms with E-state index in [0.717, 1.165) is 0 Å². The molecule has 0 saturated carbocycles. The predicted octanol–water partition coefficient (Wildman–Crippen LogP) is 1.88. The van der Waals surface area contributed by atoms with Crippen LogP contribution in [0.25, 0.3) is 0 Å². The summed E-state index contributed by atoms with van der Waals surface area (Å²) in [6.45, 7) is 3.45. The van der Waals surface area contributed by atoms with Crippen LogP contribution in [-0.4, -0.2) is 23.0 Å². The van der Waals surface area contributed by atoms with Gasteiger partial charge in [-0.1, -0.05) is 13.8 Å². The summed E-state index contributed by atoms with van der Waals surface area (Å²) in [4.78, 5) is 22.5. The Bertz CT molecular complexity index is 399. The Morgan fingerprint density at radius 3 is 2.50 bits per heavy atom. The fraction of sp³-hybridized carbons (Fsp3) is 0.400. The molecule has 1 rings (SSSR count). The molecule has 0 radical (unpaired) electrons. The molecule has 1 heterocycles. The molecule has 0 saturated heterocycles. The van der Waals surface area contributed by atoms with Crippen molar-refractivity contribution in [3.63, 3.8) is 0 Å². The third-order valence-electron chi connectivity index (χ3n) is 2.05. The molecule has 0 fully saturated rings. The van der Waals surface area contributed by atoms with Gasteiger partial charge >= 0.3 is 5.97 Å². The molecular weight excluding hydrogens is 278 g/mol. The van der Waals surface area contributed by atoms with Crippen LogP contribution in [0.3, 0.4) is 0 Å². The number of halogens is 1. The van der Waals surface area contributed by atoms with Gasteiger partial charge in [0, 0.05) is 6.07 Å². The second-order valence-electron chi connectivity index (χ2n) is 3.67. The molecule has 0 aliphatic carbocycles. The van der Waals surface area contributed by atoms with Crippen LogP contribution >= 0.6 is 15.9 Å². The molecule has 0 aromatic carbocycles. The van der Waals surface area contributed by atoms with E-state index in [-0.39, 0.29) is 5.92 Å². The number of carbonyl (C=O) groups excluding carboxylic acids is 1. The number of amides is 1. The molecule has 1 atom stereocenters. The van der Waals surface area contributed by atoms with Gasteiger partial charge in [-0.25, -0.2) is 4.79 Å². The summed E-state index contributed by atoms with van der Waals surface area (Å²) < 4.78 is 5.32. The standard InChI is InChI=1S/C10H12BrNO4/c1-5(2)8(10(14)15)12-9(13)6-3-7(11)16-4-6/h3-5,8H,1-2H3,(H,12,13)(H,14,15)/t8-/m0/s1. The van der Waals surface area contributed by atoms with E-state index < -0.39 is 17.9 Å². The molecular formula is C10H12BrNO4. The van der Waals surface area contributed by atoms with Crippen molar-refractivity contribution in [2.24, 2.45) is 5.92 Å². The summed E-state index contributed by atoms with van der Waals surface area (Å²) in [5.74, 6) is -1.70. The number of aliphatic carboxylic acids is 1. The Morgan fingerprint density at radius 1 is 1.50 bits per heavy atom. The van der Waals surface area contributed by atoms with E-state index in [4.69, 9.17) is 9.52 Å². The number of hydrogen-bond donors (Lipinski definition) is 2. The number of nitrogens with one attached hydrogen (secondary N) is 1. The summed E-state index contributed by atoms with van der Waals surface area (Å²) >= 11 is 3.06. The fourth-order valence-electron chi connectivity index (χ4n) is 1.17. The lowest BCUT2D eigenvalue weighted by atomic mass is 10.0. The Hall–Kier alpha value is -1.30. The van der Waals surface area contributed by atoms with Crippen molar-refractivity contribution < 1.29 is 19.1 Å². The highest BCUT2D eigenvalue weighted by Crippen LogP contribution is 2.14. The normalized spacial score (nSPS) is 12.5. The molecule has 0 bridgehead atoms. The maximum atomic E-state index is 11.6. The minimum atomic E-state index is -1.05. The first-order valence-electron chi connectivity index (χ1n) is 4.69. The highest BCUT2D eigenvalue weighted by atomic mass is 79.9. The van der Waals surface area contributed by atoms with Crippen LogP contribution in [0.15, 0.2) is 21.4 Å². The third kappa shape index (κ3) is 3.10. The second-order valence-corrected chi connectivity index (χ2v) is 4.45. The van der Waals surface area contributed by atoms with Gasteiger partial charge in [0.05, 0.1) is 5.56 Å². The van der Waals surface area contributed by atoms with Crippen molar-refractivity contribution in [3.8, 4) is 0 Å². The number of hydrogen-bond acceptors (Lipinski definition) is 3. The van der Waals surface area contributed by atoms with E-state index in [2.05, 4.69) is 21.2 Å². The summed E-state index contributed by atoms with van der Waals surface area (Å²) in [5, 5.41) is 11.3. The highest BCUT2D eigenvalue weighted by molar-refractivity contribution is 9.10. The number of carboxylic acids is 1. The van der Waals surface area contributed by atoms with E-state index in [0.29, 0.717) is 10.2 Å². The second kappa shape index (κ2) is 5.16. The summed E-state index contributed by atoms with van der Waals surface area (Å²) in [6.07, 6.45) is 1.26. The van der Waals surface area contributed by atoms with Gasteiger partial charge in [-0.05, 0) is 21.8 Å². The van der Waals surface area contributed by atoms with Gasteiger partial charge in [-0.3, -0.25) is 4.79 Å². The molecule has 1 aromatic heterocycles. The zero-order chi connectivity index (χ0) is 12.3. The largest absolute Gasteiger partial charge is 0.480 e. The van der Waals surface area contributed by atoms with Crippen LogP contribution < -0.4 is 5.32 Å². The average molecular weight is 290 g/mol. The van der Waals surface area contributed by atoms with Crippen LogP contribution in [0.2, 0.25) is 0 Å². The Morgan fingerprint density at radius 2 is 2.12 bits per heavy atom. The molecule has 0 unspecified atom stereocenters. The molecule has 1 amide bonds. The third-order valence-corrected chi connectivity index (χ3v) is 2.46. The Kier molecular flexibility index (Phi) is 4.12. The van der Waals surface area contributed by atoms with Crippen molar-refractivity contribution in [1.29, 1.82) is 0 Å². The van der Waals surface area contributed by atoms with Crippen molar-refractivity contribution in [3.05, 3.63) is 22.6 Å². The van der Waals surface area contributed by atoms with Gasteiger partial charge in [0.15, 0.2) is 4.67 Å². The minimum Gasteiger partial charge on any atom is -0.480 e. The SMILES string of the molecule is CC(C)[C@H](NC(=O)c1coc(Br)c1)C(=O)O. The average Bonchev–Trinajstić information content (AvgIpc) is 2.59. The van der Waals surface area contributed by atoms with Crippen LogP contribution in [0, 0.1) is 5.92 Å². The van der Waals surface area contributed by atoms with Crippen LogP contribution in [0.1, 0.15) is 24.2 Å². The predicted molar refractivity (Wildman–Crippen MR) is 60.1 cm³/mol. The molecule has 0 aliphatic rings. The molecule has 16 heavy (non-hydrogen) atoms. The van der Waals surface area contributed by atoms with Gasteiger partial charge in [-0.2, -0.15) is 0 Å². The first kappa shape index (κ1) is 12.8. The molecule has 0 spiro atoms. The Labute approximate surface area is 101 Å². The number of carboxylic acid groups (broad SMARTS) is 1.